The first-order chi connectivity index (χ1) is 22.2. The van der Waals surface area contributed by atoms with Crippen molar-refractivity contribution in [1.82, 2.24) is 19.5 Å². The van der Waals surface area contributed by atoms with E-state index in [1.54, 1.807) is 11.3 Å². The Balaban J connectivity index is 1.38. The van der Waals surface area contributed by atoms with E-state index in [2.05, 4.69) is 84.8 Å². The van der Waals surface area contributed by atoms with Gasteiger partial charge in [0.25, 0.3) is 0 Å². The van der Waals surface area contributed by atoms with Crippen LogP contribution in [0.1, 0.15) is 11.3 Å². The molecule has 5 aromatic carbocycles. The van der Waals surface area contributed by atoms with Gasteiger partial charge in [0, 0.05) is 53.6 Å². The Bertz CT molecular complexity index is 2330. The summed E-state index contributed by atoms with van der Waals surface area (Å²) in [6, 6.07) is 41.9. The van der Waals surface area contributed by atoms with E-state index in [-0.39, 0.29) is 0 Å². The Hall–Kier alpha value is -5.65. The molecule has 0 saturated carbocycles. The number of allylic oxidation sites excluding steroid dienone is 2. The Kier molecular flexibility index (Phi) is 6.66. The minimum atomic E-state index is 0.663. The van der Waals surface area contributed by atoms with Crippen molar-refractivity contribution in [3.05, 3.63) is 151 Å². The van der Waals surface area contributed by atoms with E-state index < -0.39 is 0 Å². The highest BCUT2D eigenvalue weighted by Gasteiger charge is 2.19. The van der Waals surface area contributed by atoms with Gasteiger partial charge in [-0.3, -0.25) is 0 Å². The number of fused-ring (bicyclic) bond motifs is 4. The summed E-state index contributed by atoms with van der Waals surface area (Å²) in [6.07, 6.45) is 5.98. The van der Waals surface area contributed by atoms with Crippen molar-refractivity contribution in [2.24, 2.45) is 0 Å². The van der Waals surface area contributed by atoms with Gasteiger partial charge in [-0.05, 0) is 48.9 Å². The number of hydrogen-bond acceptors (Lipinski definition) is 4. The number of benzene rings is 5. The Morgan fingerprint density at radius 1 is 0.644 bits per heavy atom. The normalized spacial score (nSPS) is 11.7. The lowest BCUT2D eigenvalue weighted by atomic mass is 10.1. The molecule has 3 heterocycles. The summed E-state index contributed by atoms with van der Waals surface area (Å²) in [5.74, 6) is 2.00. The van der Waals surface area contributed by atoms with Crippen LogP contribution < -0.4 is 0 Å². The maximum atomic E-state index is 5.04. The largest absolute Gasteiger partial charge is 0.310 e. The van der Waals surface area contributed by atoms with Gasteiger partial charge in [-0.2, -0.15) is 0 Å². The molecule has 0 spiro atoms. The number of nitrogens with zero attached hydrogens (tertiary/aromatic N) is 4. The predicted molar refractivity (Wildman–Crippen MR) is 190 cm³/mol. The summed E-state index contributed by atoms with van der Waals surface area (Å²) in [5.41, 5.74) is 7.64. The molecule has 8 rings (SSSR count). The lowest BCUT2D eigenvalue weighted by Crippen LogP contribution is -2.00. The Labute approximate surface area is 265 Å². The molecule has 0 aliphatic rings. The molecule has 45 heavy (non-hydrogen) atoms. The van der Waals surface area contributed by atoms with Crippen LogP contribution in [0.15, 0.2) is 140 Å². The van der Waals surface area contributed by atoms with Crippen LogP contribution >= 0.6 is 11.3 Å². The fraction of sp³-hybridized carbons (Fsp3) is 0.0250. The molecule has 0 unspecified atom stereocenters. The minimum Gasteiger partial charge on any atom is -0.310 e. The van der Waals surface area contributed by atoms with Crippen LogP contribution in [-0.4, -0.2) is 19.5 Å². The summed E-state index contributed by atoms with van der Waals surface area (Å²) in [7, 11) is 0. The number of para-hydroxylation sites is 1. The van der Waals surface area contributed by atoms with Crippen molar-refractivity contribution in [2.75, 3.05) is 0 Å². The van der Waals surface area contributed by atoms with E-state index in [0.29, 0.717) is 17.5 Å². The second-order valence-corrected chi connectivity index (χ2v) is 12.0. The Morgan fingerprint density at radius 2 is 1.27 bits per heavy atom. The number of hydrogen-bond donors (Lipinski definition) is 0. The first kappa shape index (κ1) is 26.9. The van der Waals surface area contributed by atoms with Gasteiger partial charge in [0.15, 0.2) is 17.5 Å². The van der Waals surface area contributed by atoms with Gasteiger partial charge < -0.3 is 4.57 Å². The van der Waals surface area contributed by atoms with Crippen LogP contribution in [-0.2, 0) is 0 Å². The molecule has 8 aromatic rings. The lowest BCUT2D eigenvalue weighted by molar-refractivity contribution is 1.08. The highest BCUT2D eigenvalue weighted by atomic mass is 32.1. The molecule has 0 aliphatic heterocycles. The van der Waals surface area contributed by atoms with Crippen LogP contribution in [0, 0.1) is 6.92 Å². The molecule has 0 atom stereocenters. The average molecular weight is 597 g/mol. The van der Waals surface area contributed by atoms with E-state index in [9.17, 15) is 0 Å². The van der Waals surface area contributed by atoms with Gasteiger partial charge in [0.1, 0.15) is 0 Å². The molecule has 0 amide bonds. The maximum Gasteiger partial charge on any atom is 0.165 e. The standard InChI is InChI=1S/C40H28N4S/c1-3-4-23-34-26(2)32-24-33-30-21-14-22-31(37(30)45-36(33)25-35(32)44(34)29-19-12-7-13-20-29)40-42-38(27-15-8-5-9-16-27)41-39(43-40)28-17-10-6-11-18-28/h3-25H,1H2,2H3/b23-4-. The topological polar surface area (TPSA) is 43.6 Å². The summed E-state index contributed by atoms with van der Waals surface area (Å²) in [4.78, 5) is 15.0. The zero-order valence-electron chi connectivity index (χ0n) is 24.7. The van der Waals surface area contributed by atoms with Crippen molar-refractivity contribution in [3.63, 3.8) is 0 Å². The molecular weight excluding hydrogens is 569 g/mol. The van der Waals surface area contributed by atoms with Crippen LogP contribution in [0.25, 0.3) is 77.0 Å². The summed E-state index contributed by atoms with van der Waals surface area (Å²) in [6.45, 7) is 6.11. The average Bonchev–Trinajstić information content (AvgIpc) is 3.60. The molecule has 4 nitrogen and oxygen atoms in total. The van der Waals surface area contributed by atoms with Crippen molar-refractivity contribution >= 4 is 48.5 Å². The molecule has 0 saturated heterocycles. The second kappa shape index (κ2) is 11.1. The Morgan fingerprint density at radius 3 is 1.91 bits per heavy atom. The third-order valence-corrected chi connectivity index (χ3v) is 9.43. The van der Waals surface area contributed by atoms with Crippen LogP contribution in [0.4, 0.5) is 0 Å². The van der Waals surface area contributed by atoms with Crippen molar-refractivity contribution in [3.8, 4) is 39.9 Å². The smallest absolute Gasteiger partial charge is 0.165 e. The zero-order valence-corrected chi connectivity index (χ0v) is 25.5. The van der Waals surface area contributed by atoms with Gasteiger partial charge in [0.2, 0.25) is 0 Å². The predicted octanol–water partition coefficient (Wildman–Crippen LogP) is 10.7. The van der Waals surface area contributed by atoms with E-state index in [4.69, 9.17) is 15.0 Å². The van der Waals surface area contributed by atoms with Crippen LogP contribution in [0.3, 0.4) is 0 Å². The van der Waals surface area contributed by atoms with Crippen molar-refractivity contribution in [1.29, 1.82) is 0 Å². The molecular formula is C40H28N4S. The van der Waals surface area contributed by atoms with E-state index in [1.165, 1.54) is 36.6 Å². The zero-order chi connectivity index (χ0) is 30.3. The number of thiophene rings is 1. The molecule has 0 aliphatic carbocycles. The quantitative estimate of drug-likeness (QED) is 0.179. The van der Waals surface area contributed by atoms with Gasteiger partial charge in [-0.15, -0.1) is 11.3 Å². The van der Waals surface area contributed by atoms with E-state index in [0.717, 1.165) is 28.1 Å². The number of rotatable bonds is 6. The molecule has 0 bridgehead atoms. The van der Waals surface area contributed by atoms with Gasteiger partial charge in [-0.1, -0.05) is 110 Å². The first-order valence-electron chi connectivity index (χ1n) is 14.9. The summed E-state index contributed by atoms with van der Waals surface area (Å²) in [5, 5.41) is 3.67. The first-order valence-corrected chi connectivity index (χ1v) is 15.7. The van der Waals surface area contributed by atoms with E-state index in [1.807, 2.05) is 72.8 Å². The fourth-order valence-electron chi connectivity index (χ4n) is 6.07. The highest BCUT2D eigenvalue weighted by Crippen LogP contribution is 2.43. The van der Waals surface area contributed by atoms with Gasteiger partial charge in [0.05, 0.1) is 5.52 Å². The van der Waals surface area contributed by atoms with E-state index >= 15 is 0 Å². The minimum absolute atomic E-state index is 0.663. The van der Waals surface area contributed by atoms with Gasteiger partial charge >= 0.3 is 0 Å². The summed E-state index contributed by atoms with van der Waals surface area (Å²) >= 11 is 1.79. The third-order valence-electron chi connectivity index (χ3n) is 8.23. The molecule has 3 aromatic heterocycles. The fourth-order valence-corrected chi connectivity index (χ4v) is 7.30. The number of aromatic nitrogens is 4. The van der Waals surface area contributed by atoms with Crippen molar-refractivity contribution in [2.45, 2.75) is 6.92 Å². The molecule has 0 radical (unpaired) electrons. The SMILES string of the molecule is C=C/C=C\c1c(C)c2cc3c(cc2n1-c1ccccc1)sc1c(-c2nc(-c4ccccc4)nc(-c4ccccc4)n2)cccc13. The van der Waals surface area contributed by atoms with Gasteiger partial charge in [-0.25, -0.2) is 15.0 Å². The maximum absolute atomic E-state index is 5.04. The molecule has 0 N–H and O–H groups in total. The van der Waals surface area contributed by atoms with Crippen LogP contribution in [0.2, 0.25) is 0 Å². The third kappa shape index (κ3) is 4.65. The molecule has 214 valence electrons. The summed E-state index contributed by atoms with van der Waals surface area (Å²) < 4.78 is 4.74. The second-order valence-electron chi connectivity index (χ2n) is 11.0. The van der Waals surface area contributed by atoms with Crippen molar-refractivity contribution < 1.29 is 0 Å². The lowest BCUT2D eigenvalue weighted by Gasteiger charge is -2.09. The number of aryl methyl sites for hydroxylation is 1. The highest BCUT2D eigenvalue weighted by molar-refractivity contribution is 7.26. The molecule has 5 heteroatoms. The van der Waals surface area contributed by atoms with Crippen LogP contribution in [0.5, 0.6) is 0 Å². The molecule has 0 fully saturated rings. The monoisotopic (exact) mass is 596 g/mol.